The summed E-state index contributed by atoms with van der Waals surface area (Å²) in [4.78, 5) is 4.30. The second kappa shape index (κ2) is 6.13. The Bertz CT molecular complexity index is 731. The number of nitriles is 1. The minimum atomic E-state index is -3.55. The van der Waals surface area contributed by atoms with Crippen LogP contribution in [0.15, 0.2) is 34.0 Å². The van der Waals surface area contributed by atoms with Gasteiger partial charge in [0.1, 0.15) is 0 Å². The summed E-state index contributed by atoms with van der Waals surface area (Å²) in [7, 11) is -3.55. The summed E-state index contributed by atoms with van der Waals surface area (Å²) in [6.07, 6.45) is 0.554. The minimum absolute atomic E-state index is 0.203. The van der Waals surface area contributed by atoms with Gasteiger partial charge in [0.25, 0.3) is 0 Å². The van der Waals surface area contributed by atoms with Gasteiger partial charge in [-0.3, -0.25) is 0 Å². The first-order chi connectivity index (χ1) is 9.53. The fraction of sp³-hybridized carbons (Fsp3) is 0.231. The predicted molar refractivity (Wildman–Crippen MR) is 76.9 cm³/mol. The molecule has 0 bridgehead atoms. The molecule has 0 saturated heterocycles. The van der Waals surface area contributed by atoms with E-state index in [9.17, 15) is 8.42 Å². The molecule has 0 radical (unpaired) electrons. The van der Waals surface area contributed by atoms with E-state index >= 15 is 0 Å². The molecule has 0 saturated carbocycles. The van der Waals surface area contributed by atoms with Crippen LogP contribution in [0.2, 0.25) is 0 Å². The minimum Gasteiger partial charge on any atom is -0.250 e. The average molecular weight is 307 g/mol. The normalized spacial score (nSPS) is 11.2. The van der Waals surface area contributed by atoms with E-state index in [1.165, 1.54) is 23.5 Å². The van der Waals surface area contributed by atoms with Crippen LogP contribution in [-0.2, 0) is 16.4 Å². The molecular weight excluding hydrogens is 294 g/mol. The van der Waals surface area contributed by atoms with Gasteiger partial charge in [-0.1, -0.05) is 0 Å². The van der Waals surface area contributed by atoms with Gasteiger partial charge in [-0.15, -0.1) is 11.3 Å². The van der Waals surface area contributed by atoms with Gasteiger partial charge in [-0.25, -0.2) is 18.1 Å². The number of thiazole rings is 1. The van der Waals surface area contributed by atoms with Crippen LogP contribution in [0.25, 0.3) is 0 Å². The Hall–Kier alpha value is -1.75. The maximum Gasteiger partial charge on any atom is 0.240 e. The lowest BCUT2D eigenvalue weighted by Gasteiger charge is -2.09. The lowest BCUT2D eigenvalue weighted by Crippen LogP contribution is -2.26. The van der Waals surface area contributed by atoms with Gasteiger partial charge in [0, 0.05) is 18.3 Å². The number of aryl methyl sites for hydroxylation is 1. The first-order valence-electron chi connectivity index (χ1n) is 5.90. The number of aromatic nitrogens is 1. The Balaban J connectivity index is 2.08. The largest absolute Gasteiger partial charge is 0.250 e. The van der Waals surface area contributed by atoms with Crippen LogP contribution in [0.4, 0.5) is 0 Å². The number of nitrogens with zero attached hydrogens (tertiary/aromatic N) is 2. The van der Waals surface area contributed by atoms with E-state index in [1.807, 2.05) is 11.4 Å². The molecule has 7 heteroatoms. The number of sulfonamides is 1. The van der Waals surface area contributed by atoms with E-state index in [1.54, 1.807) is 18.5 Å². The predicted octanol–water partition coefficient (Wildman–Crippen LogP) is 1.84. The molecule has 0 amide bonds. The van der Waals surface area contributed by atoms with Crippen molar-refractivity contribution in [3.8, 4) is 6.07 Å². The van der Waals surface area contributed by atoms with Crippen molar-refractivity contribution in [1.82, 2.24) is 9.71 Å². The Morgan fingerprint density at radius 1 is 1.45 bits per heavy atom. The maximum atomic E-state index is 12.2. The summed E-state index contributed by atoms with van der Waals surface area (Å²) >= 11 is 1.48. The maximum absolute atomic E-state index is 12.2. The molecule has 0 fully saturated rings. The number of hydrogen-bond acceptors (Lipinski definition) is 5. The second-order valence-electron chi connectivity index (χ2n) is 4.22. The SMILES string of the molecule is Cc1cc(C#N)ccc1S(=O)(=O)NCCc1cscn1. The van der Waals surface area contributed by atoms with Gasteiger partial charge in [-0.05, 0) is 30.7 Å². The molecule has 0 aliphatic rings. The standard InChI is InChI=1S/C13H13N3O2S2/c1-10-6-11(7-14)2-3-13(10)20(17,18)16-5-4-12-8-19-9-15-12/h2-3,6,8-9,16H,4-5H2,1H3. The van der Waals surface area contributed by atoms with E-state index in [4.69, 9.17) is 5.26 Å². The molecular formula is C13H13N3O2S2. The lowest BCUT2D eigenvalue weighted by molar-refractivity contribution is 0.580. The topological polar surface area (TPSA) is 82.8 Å². The van der Waals surface area contributed by atoms with Crippen molar-refractivity contribution < 1.29 is 8.42 Å². The Labute approximate surface area is 122 Å². The Morgan fingerprint density at radius 2 is 2.25 bits per heavy atom. The van der Waals surface area contributed by atoms with Crippen molar-refractivity contribution in [1.29, 1.82) is 5.26 Å². The van der Waals surface area contributed by atoms with Gasteiger partial charge in [-0.2, -0.15) is 5.26 Å². The van der Waals surface area contributed by atoms with Crippen molar-refractivity contribution in [3.05, 3.63) is 45.9 Å². The van der Waals surface area contributed by atoms with Crippen LogP contribution in [-0.4, -0.2) is 19.9 Å². The second-order valence-corrected chi connectivity index (χ2v) is 6.67. The molecule has 1 heterocycles. The van der Waals surface area contributed by atoms with Crippen molar-refractivity contribution in [3.63, 3.8) is 0 Å². The van der Waals surface area contributed by atoms with Crippen LogP contribution in [0.3, 0.4) is 0 Å². The molecule has 0 spiro atoms. The van der Waals surface area contributed by atoms with Crippen molar-refractivity contribution in [2.75, 3.05) is 6.54 Å². The molecule has 2 rings (SSSR count). The molecule has 1 N–H and O–H groups in total. The molecule has 1 aromatic carbocycles. The van der Waals surface area contributed by atoms with Gasteiger partial charge in [0.15, 0.2) is 0 Å². The van der Waals surface area contributed by atoms with Gasteiger partial charge >= 0.3 is 0 Å². The summed E-state index contributed by atoms with van der Waals surface area (Å²) in [5, 5.41) is 10.7. The summed E-state index contributed by atoms with van der Waals surface area (Å²) in [5.74, 6) is 0. The highest BCUT2D eigenvalue weighted by molar-refractivity contribution is 7.89. The zero-order chi connectivity index (χ0) is 14.6. The number of nitrogens with one attached hydrogen (secondary N) is 1. The highest BCUT2D eigenvalue weighted by atomic mass is 32.2. The van der Waals surface area contributed by atoms with Crippen LogP contribution in [0, 0.1) is 18.3 Å². The quantitative estimate of drug-likeness (QED) is 0.913. The highest BCUT2D eigenvalue weighted by Gasteiger charge is 2.16. The zero-order valence-electron chi connectivity index (χ0n) is 10.8. The van der Waals surface area contributed by atoms with Crippen LogP contribution in [0.1, 0.15) is 16.8 Å². The van der Waals surface area contributed by atoms with Crippen LogP contribution >= 0.6 is 11.3 Å². The molecule has 5 nitrogen and oxygen atoms in total. The fourth-order valence-electron chi connectivity index (χ4n) is 1.77. The monoisotopic (exact) mass is 307 g/mol. The first-order valence-corrected chi connectivity index (χ1v) is 8.33. The van der Waals surface area contributed by atoms with Crippen molar-refractivity contribution in [2.45, 2.75) is 18.2 Å². The molecule has 1 aromatic heterocycles. The Morgan fingerprint density at radius 3 is 2.85 bits per heavy atom. The summed E-state index contributed by atoms with van der Waals surface area (Å²) in [6, 6.07) is 6.51. The van der Waals surface area contributed by atoms with E-state index in [2.05, 4.69) is 9.71 Å². The van der Waals surface area contributed by atoms with E-state index in [-0.39, 0.29) is 4.90 Å². The van der Waals surface area contributed by atoms with Gasteiger partial charge in [0.05, 0.1) is 27.7 Å². The summed E-state index contributed by atoms with van der Waals surface area (Å²) in [6.45, 7) is 1.97. The van der Waals surface area contributed by atoms with Crippen molar-refractivity contribution in [2.24, 2.45) is 0 Å². The van der Waals surface area contributed by atoms with E-state index < -0.39 is 10.0 Å². The molecule has 0 atom stereocenters. The zero-order valence-corrected chi connectivity index (χ0v) is 12.5. The van der Waals surface area contributed by atoms with Gasteiger partial charge < -0.3 is 0 Å². The fourth-order valence-corrected chi connectivity index (χ4v) is 3.62. The number of benzene rings is 1. The third-order valence-corrected chi connectivity index (χ3v) is 5.01. The molecule has 104 valence electrons. The molecule has 20 heavy (non-hydrogen) atoms. The smallest absolute Gasteiger partial charge is 0.240 e. The van der Waals surface area contributed by atoms with Crippen LogP contribution in [0.5, 0.6) is 0 Å². The molecule has 0 aliphatic carbocycles. The summed E-state index contributed by atoms with van der Waals surface area (Å²) < 4.78 is 26.9. The average Bonchev–Trinajstić information content (AvgIpc) is 2.91. The summed E-state index contributed by atoms with van der Waals surface area (Å²) in [5.41, 5.74) is 3.59. The highest BCUT2D eigenvalue weighted by Crippen LogP contribution is 2.16. The van der Waals surface area contributed by atoms with E-state index in [0.29, 0.717) is 24.1 Å². The lowest BCUT2D eigenvalue weighted by atomic mass is 10.2. The van der Waals surface area contributed by atoms with Crippen molar-refractivity contribution >= 4 is 21.4 Å². The molecule has 0 aliphatic heterocycles. The molecule has 2 aromatic rings. The Kier molecular flexibility index (Phi) is 4.49. The third-order valence-electron chi connectivity index (χ3n) is 2.75. The van der Waals surface area contributed by atoms with E-state index in [0.717, 1.165) is 5.69 Å². The first kappa shape index (κ1) is 14.7. The number of rotatable bonds is 5. The third kappa shape index (κ3) is 3.42. The number of hydrogen-bond donors (Lipinski definition) is 1. The van der Waals surface area contributed by atoms with Gasteiger partial charge in [0.2, 0.25) is 10.0 Å². The molecule has 0 unspecified atom stereocenters. The van der Waals surface area contributed by atoms with Crippen LogP contribution < -0.4 is 4.72 Å².